The van der Waals surface area contributed by atoms with Crippen LogP contribution in [-0.2, 0) is 0 Å². The summed E-state index contributed by atoms with van der Waals surface area (Å²) in [4.78, 5) is 12.2. The largest absolute Gasteiger partial charge is 0.384 e. The van der Waals surface area contributed by atoms with Gasteiger partial charge in [-0.15, -0.1) is 0 Å². The predicted molar refractivity (Wildman–Crippen MR) is 79.9 cm³/mol. The van der Waals surface area contributed by atoms with E-state index in [1.807, 2.05) is 6.07 Å². The third-order valence-electron chi connectivity index (χ3n) is 3.33. The number of halogens is 1. The Hall–Kier alpha value is -1.22. The average molecular weight is 281 g/mol. The van der Waals surface area contributed by atoms with Crippen molar-refractivity contribution in [3.05, 3.63) is 28.8 Å². The number of carbonyl (C=O) groups is 1. The average Bonchev–Trinajstić information content (AvgIpc) is 3.21. The molecule has 19 heavy (non-hydrogen) atoms. The molecule has 0 aromatic heterocycles. The van der Waals surface area contributed by atoms with E-state index in [2.05, 4.69) is 17.6 Å². The lowest BCUT2D eigenvalue weighted by molar-refractivity contribution is 0.0953. The van der Waals surface area contributed by atoms with Gasteiger partial charge in [0.1, 0.15) is 0 Å². The lowest BCUT2D eigenvalue weighted by Crippen LogP contribution is -2.25. The van der Waals surface area contributed by atoms with E-state index in [1.165, 1.54) is 12.8 Å². The van der Waals surface area contributed by atoms with Gasteiger partial charge in [0.05, 0.1) is 5.56 Å². The second kappa shape index (κ2) is 6.80. The van der Waals surface area contributed by atoms with E-state index >= 15 is 0 Å². The summed E-state index contributed by atoms with van der Waals surface area (Å²) in [6.07, 6.45) is 4.74. The van der Waals surface area contributed by atoms with Crippen LogP contribution in [0, 0.1) is 5.92 Å². The van der Waals surface area contributed by atoms with Crippen LogP contribution in [0.4, 0.5) is 5.69 Å². The van der Waals surface area contributed by atoms with Crippen molar-refractivity contribution in [2.24, 2.45) is 5.92 Å². The van der Waals surface area contributed by atoms with Gasteiger partial charge in [0.25, 0.3) is 5.91 Å². The molecule has 1 aliphatic rings. The molecule has 1 fully saturated rings. The first-order valence-electron chi connectivity index (χ1n) is 7.02. The van der Waals surface area contributed by atoms with Gasteiger partial charge in [-0.25, -0.2) is 0 Å². The summed E-state index contributed by atoms with van der Waals surface area (Å²) in [5.74, 6) is 0.791. The van der Waals surface area contributed by atoms with E-state index in [4.69, 9.17) is 11.6 Å². The van der Waals surface area contributed by atoms with Crippen molar-refractivity contribution < 1.29 is 4.79 Å². The Bertz CT molecular complexity index is 444. The summed E-state index contributed by atoms with van der Waals surface area (Å²) in [6.45, 7) is 3.70. The number of hydrogen-bond acceptors (Lipinski definition) is 2. The Morgan fingerprint density at radius 2 is 2.16 bits per heavy atom. The Morgan fingerprint density at radius 1 is 1.37 bits per heavy atom. The standard InChI is InChI=1S/C15H21ClN2O/c1-2-8-17-14-6-5-12(16)10-13(14)15(19)18-9-7-11-3-4-11/h5-6,10-11,17H,2-4,7-9H2,1H3,(H,18,19). The van der Waals surface area contributed by atoms with Gasteiger partial charge >= 0.3 is 0 Å². The minimum atomic E-state index is -0.0400. The highest BCUT2D eigenvalue weighted by Gasteiger charge is 2.21. The van der Waals surface area contributed by atoms with Crippen molar-refractivity contribution in [2.75, 3.05) is 18.4 Å². The van der Waals surface area contributed by atoms with Gasteiger partial charge in [-0.05, 0) is 37.0 Å². The van der Waals surface area contributed by atoms with Gasteiger partial charge < -0.3 is 10.6 Å². The minimum absolute atomic E-state index is 0.0400. The molecule has 0 spiro atoms. The van der Waals surface area contributed by atoms with Gasteiger partial charge in [-0.1, -0.05) is 31.4 Å². The van der Waals surface area contributed by atoms with E-state index in [-0.39, 0.29) is 5.91 Å². The van der Waals surface area contributed by atoms with Crippen molar-refractivity contribution in [3.8, 4) is 0 Å². The molecule has 4 heteroatoms. The first-order valence-corrected chi connectivity index (χ1v) is 7.40. The summed E-state index contributed by atoms with van der Waals surface area (Å²) < 4.78 is 0. The van der Waals surface area contributed by atoms with Crippen LogP contribution in [0.25, 0.3) is 0 Å². The minimum Gasteiger partial charge on any atom is -0.384 e. The number of carbonyl (C=O) groups excluding carboxylic acids is 1. The van der Waals surface area contributed by atoms with Crippen molar-refractivity contribution in [2.45, 2.75) is 32.6 Å². The van der Waals surface area contributed by atoms with Crippen LogP contribution in [0.5, 0.6) is 0 Å². The van der Waals surface area contributed by atoms with Gasteiger partial charge in [0.2, 0.25) is 0 Å². The smallest absolute Gasteiger partial charge is 0.253 e. The van der Waals surface area contributed by atoms with Crippen molar-refractivity contribution in [1.29, 1.82) is 0 Å². The zero-order chi connectivity index (χ0) is 13.7. The second-order valence-electron chi connectivity index (χ2n) is 5.10. The number of nitrogens with one attached hydrogen (secondary N) is 2. The molecule has 0 heterocycles. The number of amides is 1. The molecule has 104 valence electrons. The number of hydrogen-bond donors (Lipinski definition) is 2. The topological polar surface area (TPSA) is 41.1 Å². The van der Waals surface area contributed by atoms with E-state index in [0.717, 1.165) is 37.5 Å². The SMILES string of the molecule is CCCNc1ccc(Cl)cc1C(=O)NCCC1CC1. The fourth-order valence-corrected chi connectivity index (χ4v) is 2.18. The molecule has 0 aliphatic heterocycles. The molecule has 0 saturated heterocycles. The number of anilines is 1. The van der Waals surface area contributed by atoms with Gasteiger partial charge in [-0.2, -0.15) is 0 Å². The molecule has 1 saturated carbocycles. The molecule has 1 aliphatic carbocycles. The first-order chi connectivity index (χ1) is 9.20. The van der Waals surface area contributed by atoms with Crippen molar-refractivity contribution in [1.82, 2.24) is 5.32 Å². The summed E-state index contributed by atoms with van der Waals surface area (Å²) in [5, 5.41) is 6.83. The third kappa shape index (κ3) is 4.43. The highest BCUT2D eigenvalue weighted by Crippen LogP contribution is 2.31. The predicted octanol–water partition coefficient (Wildman–Crippen LogP) is 3.69. The molecular weight excluding hydrogens is 260 g/mol. The third-order valence-corrected chi connectivity index (χ3v) is 3.56. The number of benzene rings is 1. The van der Waals surface area contributed by atoms with E-state index in [0.29, 0.717) is 10.6 Å². The molecule has 1 aromatic carbocycles. The zero-order valence-corrected chi connectivity index (χ0v) is 12.1. The van der Waals surface area contributed by atoms with Crippen LogP contribution in [0.3, 0.4) is 0 Å². The summed E-state index contributed by atoms with van der Waals surface area (Å²) in [5.41, 5.74) is 1.49. The van der Waals surface area contributed by atoms with E-state index < -0.39 is 0 Å². The summed E-state index contributed by atoms with van der Waals surface area (Å²) in [6, 6.07) is 5.40. The Kier molecular flexibility index (Phi) is 5.08. The van der Waals surface area contributed by atoms with Crippen molar-refractivity contribution >= 4 is 23.2 Å². The highest BCUT2D eigenvalue weighted by atomic mass is 35.5. The fraction of sp³-hybridized carbons (Fsp3) is 0.533. The van der Waals surface area contributed by atoms with E-state index in [9.17, 15) is 4.79 Å². The molecule has 1 amide bonds. The monoisotopic (exact) mass is 280 g/mol. The zero-order valence-electron chi connectivity index (χ0n) is 11.3. The molecule has 0 atom stereocenters. The van der Waals surface area contributed by atoms with Crippen LogP contribution < -0.4 is 10.6 Å². The maximum absolute atomic E-state index is 12.2. The normalized spacial score (nSPS) is 14.2. The first kappa shape index (κ1) is 14.2. The second-order valence-corrected chi connectivity index (χ2v) is 5.54. The van der Waals surface area contributed by atoms with Crippen LogP contribution in [0.2, 0.25) is 5.02 Å². The fourth-order valence-electron chi connectivity index (χ4n) is 2.01. The quantitative estimate of drug-likeness (QED) is 0.800. The van der Waals surface area contributed by atoms with Gasteiger partial charge in [0, 0.05) is 23.8 Å². The number of rotatable bonds is 7. The Morgan fingerprint density at radius 3 is 2.84 bits per heavy atom. The maximum Gasteiger partial charge on any atom is 0.253 e. The molecule has 2 rings (SSSR count). The van der Waals surface area contributed by atoms with Crippen molar-refractivity contribution in [3.63, 3.8) is 0 Å². The van der Waals surface area contributed by atoms with Gasteiger partial charge in [-0.3, -0.25) is 4.79 Å². The molecule has 3 nitrogen and oxygen atoms in total. The Balaban J connectivity index is 1.97. The molecule has 2 N–H and O–H groups in total. The van der Waals surface area contributed by atoms with E-state index in [1.54, 1.807) is 12.1 Å². The van der Waals surface area contributed by atoms with Crippen LogP contribution in [-0.4, -0.2) is 19.0 Å². The maximum atomic E-state index is 12.2. The molecule has 0 unspecified atom stereocenters. The summed E-state index contributed by atoms with van der Waals surface area (Å²) >= 11 is 5.98. The Labute approximate surface area is 119 Å². The lowest BCUT2D eigenvalue weighted by atomic mass is 10.1. The molecule has 0 bridgehead atoms. The highest BCUT2D eigenvalue weighted by molar-refractivity contribution is 6.31. The molecular formula is C15H21ClN2O. The molecule has 1 aromatic rings. The van der Waals surface area contributed by atoms with Crippen LogP contribution in [0.15, 0.2) is 18.2 Å². The van der Waals surface area contributed by atoms with Crippen LogP contribution in [0.1, 0.15) is 43.0 Å². The molecule has 0 radical (unpaired) electrons. The van der Waals surface area contributed by atoms with Gasteiger partial charge in [0.15, 0.2) is 0 Å². The summed E-state index contributed by atoms with van der Waals surface area (Å²) in [7, 11) is 0. The lowest BCUT2D eigenvalue weighted by Gasteiger charge is -2.12. The van der Waals surface area contributed by atoms with Crippen LogP contribution >= 0.6 is 11.6 Å².